The number of pyridine rings is 1. The molecule has 0 radical (unpaired) electrons. The predicted molar refractivity (Wildman–Crippen MR) is 54.1 cm³/mol. The van der Waals surface area contributed by atoms with Crippen molar-refractivity contribution in [3.8, 4) is 12.3 Å². The van der Waals surface area contributed by atoms with Crippen molar-refractivity contribution in [2.24, 2.45) is 0 Å². The van der Waals surface area contributed by atoms with Gasteiger partial charge < -0.3 is 5.73 Å². The summed E-state index contributed by atoms with van der Waals surface area (Å²) >= 11 is 0. The highest BCUT2D eigenvalue weighted by atomic mass is 14.8. The normalized spacial score (nSPS) is 9.77. The molecule has 2 heteroatoms. The van der Waals surface area contributed by atoms with Crippen molar-refractivity contribution in [2.45, 2.75) is 0 Å². The van der Waals surface area contributed by atoms with Crippen molar-refractivity contribution in [1.29, 1.82) is 0 Å². The number of anilines is 1. The molecule has 0 spiro atoms. The Balaban J connectivity index is 2.87. The van der Waals surface area contributed by atoms with Crippen molar-refractivity contribution in [3.05, 3.63) is 36.0 Å². The number of hydrogen-bond acceptors (Lipinski definition) is 2. The van der Waals surface area contributed by atoms with Crippen molar-refractivity contribution < 1.29 is 0 Å². The van der Waals surface area contributed by atoms with Gasteiger partial charge in [0, 0.05) is 17.1 Å². The Morgan fingerprint density at radius 3 is 3.00 bits per heavy atom. The molecule has 0 unspecified atom stereocenters. The minimum atomic E-state index is 0.515. The predicted octanol–water partition coefficient (Wildman–Crippen LogP) is 1.80. The molecule has 1 aromatic heterocycles. The molecule has 0 aliphatic rings. The Kier molecular flexibility index (Phi) is 1.64. The molecule has 0 saturated carbocycles. The third kappa shape index (κ3) is 1.21. The summed E-state index contributed by atoms with van der Waals surface area (Å²) in [4.78, 5) is 4.00. The molecule has 0 bridgehead atoms. The molecule has 0 atom stereocenters. The first kappa shape index (κ1) is 7.63. The Bertz CT molecular complexity index is 495. The Morgan fingerprint density at radius 2 is 2.23 bits per heavy atom. The lowest BCUT2D eigenvalue weighted by Crippen LogP contribution is -1.89. The van der Waals surface area contributed by atoms with Crippen LogP contribution in [0.5, 0.6) is 0 Å². The minimum Gasteiger partial charge on any atom is -0.384 e. The van der Waals surface area contributed by atoms with Crippen molar-refractivity contribution >= 4 is 16.6 Å². The number of benzene rings is 1. The van der Waals surface area contributed by atoms with Crippen LogP contribution in [-0.4, -0.2) is 4.98 Å². The lowest BCUT2D eigenvalue weighted by atomic mass is 10.1. The first-order valence-electron chi connectivity index (χ1n) is 3.92. The van der Waals surface area contributed by atoms with Gasteiger partial charge in [-0.2, -0.15) is 0 Å². The van der Waals surface area contributed by atoms with Crippen LogP contribution in [0.3, 0.4) is 0 Å². The van der Waals surface area contributed by atoms with Crippen LogP contribution >= 0.6 is 0 Å². The molecule has 1 aromatic carbocycles. The standard InChI is InChI=1S/C11H8N2/c1-2-8-4-3-5-9-6-11(12)13-7-10(8)9/h1,3-7H,(H2,12,13). The molecule has 62 valence electrons. The molecule has 1 heterocycles. The van der Waals surface area contributed by atoms with E-state index in [9.17, 15) is 0 Å². The summed E-state index contributed by atoms with van der Waals surface area (Å²) in [6.45, 7) is 0. The molecule has 0 aliphatic heterocycles. The van der Waals surface area contributed by atoms with Gasteiger partial charge in [0.2, 0.25) is 0 Å². The van der Waals surface area contributed by atoms with Gasteiger partial charge in [-0.15, -0.1) is 6.42 Å². The minimum absolute atomic E-state index is 0.515. The maximum Gasteiger partial charge on any atom is 0.123 e. The summed E-state index contributed by atoms with van der Waals surface area (Å²) < 4.78 is 0. The molecule has 2 aromatic rings. The smallest absolute Gasteiger partial charge is 0.123 e. The first-order valence-corrected chi connectivity index (χ1v) is 3.92. The number of fused-ring (bicyclic) bond motifs is 1. The molecule has 2 rings (SSSR count). The van der Waals surface area contributed by atoms with Gasteiger partial charge in [-0.25, -0.2) is 4.98 Å². The largest absolute Gasteiger partial charge is 0.384 e. The van der Waals surface area contributed by atoms with E-state index in [1.807, 2.05) is 24.3 Å². The van der Waals surface area contributed by atoms with Crippen LogP contribution < -0.4 is 5.73 Å². The third-order valence-electron chi connectivity index (χ3n) is 1.94. The molecule has 0 amide bonds. The zero-order chi connectivity index (χ0) is 9.26. The maximum atomic E-state index is 5.55. The number of nitrogen functional groups attached to an aromatic ring is 1. The lowest BCUT2D eigenvalue weighted by molar-refractivity contribution is 1.37. The van der Waals surface area contributed by atoms with Crippen LogP contribution in [0.25, 0.3) is 10.8 Å². The van der Waals surface area contributed by atoms with Gasteiger partial charge >= 0.3 is 0 Å². The molecular weight excluding hydrogens is 160 g/mol. The average Bonchev–Trinajstić information content (AvgIpc) is 2.16. The summed E-state index contributed by atoms with van der Waals surface area (Å²) in [7, 11) is 0. The number of nitrogens with zero attached hydrogens (tertiary/aromatic N) is 1. The molecule has 0 fully saturated rings. The monoisotopic (exact) mass is 168 g/mol. The maximum absolute atomic E-state index is 5.55. The van der Waals surface area contributed by atoms with Crippen LogP contribution in [-0.2, 0) is 0 Å². The van der Waals surface area contributed by atoms with Crippen molar-refractivity contribution in [1.82, 2.24) is 4.98 Å². The topological polar surface area (TPSA) is 38.9 Å². The Hall–Kier alpha value is -2.01. The highest BCUT2D eigenvalue weighted by Crippen LogP contribution is 2.18. The van der Waals surface area contributed by atoms with E-state index >= 15 is 0 Å². The molecule has 2 nitrogen and oxygen atoms in total. The van der Waals surface area contributed by atoms with E-state index in [0.717, 1.165) is 16.3 Å². The second-order valence-corrected chi connectivity index (χ2v) is 2.78. The quantitative estimate of drug-likeness (QED) is 0.609. The van der Waals surface area contributed by atoms with Crippen LogP contribution in [0.2, 0.25) is 0 Å². The molecule has 0 aliphatic carbocycles. The second-order valence-electron chi connectivity index (χ2n) is 2.78. The van der Waals surface area contributed by atoms with E-state index in [-0.39, 0.29) is 0 Å². The lowest BCUT2D eigenvalue weighted by Gasteiger charge is -2.00. The summed E-state index contributed by atoms with van der Waals surface area (Å²) in [6.07, 6.45) is 7.05. The first-order chi connectivity index (χ1) is 6.31. The van der Waals surface area contributed by atoms with Gasteiger partial charge in [0.25, 0.3) is 0 Å². The highest BCUT2D eigenvalue weighted by molar-refractivity contribution is 5.88. The number of aromatic nitrogens is 1. The number of terminal acetylenes is 1. The van der Waals surface area contributed by atoms with Gasteiger partial charge in [-0.3, -0.25) is 0 Å². The molecule has 13 heavy (non-hydrogen) atoms. The van der Waals surface area contributed by atoms with Gasteiger partial charge in [-0.05, 0) is 17.5 Å². The summed E-state index contributed by atoms with van der Waals surface area (Å²) in [5.74, 6) is 3.12. The van der Waals surface area contributed by atoms with Crippen molar-refractivity contribution in [2.75, 3.05) is 5.73 Å². The van der Waals surface area contributed by atoms with Crippen LogP contribution in [0.15, 0.2) is 30.5 Å². The fourth-order valence-corrected chi connectivity index (χ4v) is 1.31. The summed E-state index contributed by atoms with van der Waals surface area (Å²) in [5, 5.41) is 2.00. The van der Waals surface area contributed by atoms with Crippen LogP contribution in [0.1, 0.15) is 5.56 Å². The average molecular weight is 168 g/mol. The molecule has 0 saturated heterocycles. The zero-order valence-corrected chi connectivity index (χ0v) is 6.99. The van der Waals surface area contributed by atoms with Crippen LogP contribution in [0, 0.1) is 12.3 Å². The fourth-order valence-electron chi connectivity index (χ4n) is 1.31. The van der Waals surface area contributed by atoms with E-state index in [1.54, 1.807) is 6.20 Å². The Labute approximate surface area is 76.4 Å². The molecular formula is C11H8N2. The van der Waals surface area contributed by atoms with Gasteiger partial charge in [0.05, 0.1) is 0 Å². The number of hydrogen-bond donors (Lipinski definition) is 1. The third-order valence-corrected chi connectivity index (χ3v) is 1.94. The molecule has 2 N–H and O–H groups in total. The van der Waals surface area contributed by atoms with E-state index in [2.05, 4.69) is 10.9 Å². The summed E-state index contributed by atoms with van der Waals surface area (Å²) in [5.41, 5.74) is 6.40. The highest BCUT2D eigenvalue weighted by Gasteiger charge is 1.98. The van der Waals surface area contributed by atoms with Crippen molar-refractivity contribution in [3.63, 3.8) is 0 Å². The van der Waals surface area contributed by atoms with Gasteiger partial charge in [0.15, 0.2) is 0 Å². The second kappa shape index (κ2) is 2.80. The van der Waals surface area contributed by atoms with Gasteiger partial charge in [0.1, 0.15) is 5.82 Å². The van der Waals surface area contributed by atoms with Crippen LogP contribution in [0.4, 0.5) is 5.82 Å². The SMILES string of the molecule is C#Cc1cccc2cc(N)ncc12. The number of rotatable bonds is 0. The number of nitrogens with two attached hydrogens (primary N) is 1. The summed E-state index contributed by atoms with van der Waals surface area (Å²) in [6, 6.07) is 7.58. The van der Waals surface area contributed by atoms with E-state index < -0.39 is 0 Å². The van der Waals surface area contributed by atoms with E-state index in [0.29, 0.717) is 5.82 Å². The van der Waals surface area contributed by atoms with E-state index in [1.165, 1.54) is 0 Å². The zero-order valence-electron chi connectivity index (χ0n) is 6.99. The van der Waals surface area contributed by atoms with Gasteiger partial charge in [-0.1, -0.05) is 18.1 Å². The fraction of sp³-hybridized carbons (Fsp3) is 0. The van der Waals surface area contributed by atoms with E-state index in [4.69, 9.17) is 12.2 Å². The Morgan fingerprint density at radius 1 is 1.38 bits per heavy atom.